The molecule has 1 aliphatic heterocycles. The lowest BCUT2D eigenvalue weighted by Gasteiger charge is -2.39. The number of alkyl halides is 2. The summed E-state index contributed by atoms with van der Waals surface area (Å²) in [6.07, 6.45) is 0.812. The van der Waals surface area contributed by atoms with Crippen molar-refractivity contribution >= 4 is 0 Å². The molecule has 82 valence electrons. The molecule has 2 rings (SSSR count). The normalized spacial score (nSPS) is 42.0. The summed E-state index contributed by atoms with van der Waals surface area (Å²) in [5.74, 6) is -2.22. The van der Waals surface area contributed by atoms with Crippen molar-refractivity contribution in [1.82, 2.24) is 4.90 Å². The molecule has 2 unspecified atom stereocenters. The molecule has 0 amide bonds. The van der Waals surface area contributed by atoms with Gasteiger partial charge < -0.3 is 4.90 Å². The largest absolute Gasteiger partial charge is 0.301 e. The molecule has 0 aromatic heterocycles. The minimum Gasteiger partial charge on any atom is -0.301 e. The molecular formula is C11H19F2N. The first-order valence-corrected chi connectivity index (χ1v) is 5.51. The highest BCUT2D eigenvalue weighted by atomic mass is 19.3. The average molecular weight is 203 g/mol. The topological polar surface area (TPSA) is 3.24 Å². The summed E-state index contributed by atoms with van der Waals surface area (Å²) < 4.78 is 26.5. The molecule has 2 fully saturated rings. The van der Waals surface area contributed by atoms with E-state index in [4.69, 9.17) is 0 Å². The van der Waals surface area contributed by atoms with Gasteiger partial charge in [0.05, 0.1) is 0 Å². The van der Waals surface area contributed by atoms with Crippen molar-refractivity contribution in [2.75, 3.05) is 13.1 Å². The highest BCUT2D eigenvalue weighted by Gasteiger charge is 2.73. The second-order valence-electron chi connectivity index (χ2n) is 5.28. The van der Waals surface area contributed by atoms with Crippen LogP contribution in [-0.2, 0) is 0 Å². The van der Waals surface area contributed by atoms with Crippen molar-refractivity contribution in [2.45, 2.75) is 45.6 Å². The quantitative estimate of drug-likeness (QED) is 0.633. The maximum absolute atomic E-state index is 13.2. The molecule has 14 heavy (non-hydrogen) atoms. The fourth-order valence-corrected chi connectivity index (χ4v) is 2.83. The van der Waals surface area contributed by atoms with Crippen LogP contribution in [-0.4, -0.2) is 30.0 Å². The third-order valence-corrected chi connectivity index (χ3v) is 4.17. The van der Waals surface area contributed by atoms with E-state index >= 15 is 0 Å². The minimum atomic E-state index is -2.37. The Kier molecular flexibility index (Phi) is 2.15. The Morgan fingerprint density at radius 3 is 2.29 bits per heavy atom. The molecule has 0 aromatic rings. The van der Waals surface area contributed by atoms with Crippen LogP contribution in [0.4, 0.5) is 8.78 Å². The van der Waals surface area contributed by atoms with Gasteiger partial charge in [0, 0.05) is 24.4 Å². The van der Waals surface area contributed by atoms with Crippen LogP contribution < -0.4 is 0 Å². The van der Waals surface area contributed by atoms with Crippen LogP contribution in [0.25, 0.3) is 0 Å². The van der Waals surface area contributed by atoms with Gasteiger partial charge in [-0.05, 0) is 32.7 Å². The number of nitrogens with zero attached hydrogens (tertiary/aromatic N) is 1. The number of hydrogen-bond acceptors (Lipinski definition) is 1. The molecule has 0 aromatic carbocycles. The van der Waals surface area contributed by atoms with Gasteiger partial charge >= 0.3 is 0 Å². The van der Waals surface area contributed by atoms with E-state index in [2.05, 4.69) is 18.7 Å². The van der Waals surface area contributed by atoms with Crippen molar-refractivity contribution in [3.8, 4) is 0 Å². The van der Waals surface area contributed by atoms with Crippen molar-refractivity contribution in [3.63, 3.8) is 0 Å². The van der Waals surface area contributed by atoms with Gasteiger partial charge in [-0.1, -0.05) is 6.92 Å². The van der Waals surface area contributed by atoms with Crippen LogP contribution in [0.2, 0.25) is 0 Å². The number of halogens is 2. The Labute approximate surface area is 84.5 Å². The van der Waals surface area contributed by atoms with E-state index < -0.39 is 11.3 Å². The van der Waals surface area contributed by atoms with Crippen LogP contribution in [0.15, 0.2) is 0 Å². The van der Waals surface area contributed by atoms with Crippen LogP contribution in [0.3, 0.4) is 0 Å². The van der Waals surface area contributed by atoms with Gasteiger partial charge in [-0.3, -0.25) is 0 Å². The maximum Gasteiger partial charge on any atom is 0.255 e. The zero-order valence-corrected chi connectivity index (χ0v) is 9.19. The Morgan fingerprint density at radius 2 is 1.93 bits per heavy atom. The van der Waals surface area contributed by atoms with Gasteiger partial charge in [-0.25, -0.2) is 8.78 Å². The summed E-state index contributed by atoms with van der Waals surface area (Å²) in [5, 5.41) is 0. The summed E-state index contributed by atoms with van der Waals surface area (Å²) in [6.45, 7) is 7.94. The molecule has 1 heterocycles. The van der Waals surface area contributed by atoms with Gasteiger partial charge in [0.2, 0.25) is 0 Å². The van der Waals surface area contributed by atoms with E-state index in [1.807, 2.05) is 6.92 Å². The van der Waals surface area contributed by atoms with Crippen LogP contribution in [0, 0.1) is 11.3 Å². The fraction of sp³-hybridized carbons (Fsp3) is 1.00. The summed E-state index contributed by atoms with van der Waals surface area (Å²) in [7, 11) is 0. The Balaban J connectivity index is 2.03. The first kappa shape index (κ1) is 10.3. The van der Waals surface area contributed by atoms with Gasteiger partial charge in [-0.2, -0.15) is 0 Å². The van der Waals surface area contributed by atoms with Gasteiger partial charge in [0.15, 0.2) is 0 Å². The lowest BCUT2D eigenvalue weighted by molar-refractivity contribution is -0.00556. The van der Waals surface area contributed by atoms with Crippen molar-refractivity contribution in [2.24, 2.45) is 11.3 Å². The molecule has 3 heteroatoms. The monoisotopic (exact) mass is 203 g/mol. The summed E-state index contributed by atoms with van der Waals surface area (Å²) in [5.41, 5.74) is -0.627. The van der Waals surface area contributed by atoms with E-state index in [9.17, 15) is 8.78 Å². The second-order valence-corrected chi connectivity index (χ2v) is 5.28. The molecule has 1 saturated heterocycles. The third-order valence-electron chi connectivity index (χ3n) is 4.17. The summed E-state index contributed by atoms with van der Waals surface area (Å²) >= 11 is 0. The lowest BCUT2D eigenvalue weighted by atomic mass is 9.82. The molecule has 1 nitrogen and oxygen atoms in total. The zero-order chi connectivity index (χ0) is 10.6. The third kappa shape index (κ3) is 1.28. The highest BCUT2D eigenvalue weighted by molar-refractivity contribution is 5.14. The SMILES string of the molecule is CC(C)N1CCC2(CC2(F)F)C(C)C1. The van der Waals surface area contributed by atoms with Crippen LogP contribution >= 0.6 is 0 Å². The van der Waals surface area contributed by atoms with E-state index in [1.165, 1.54) is 0 Å². The molecule has 0 N–H and O–H groups in total. The Morgan fingerprint density at radius 1 is 1.36 bits per heavy atom. The molecule has 2 aliphatic rings. The number of rotatable bonds is 1. The zero-order valence-electron chi connectivity index (χ0n) is 9.19. The standard InChI is InChI=1S/C11H19F2N/c1-8(2)14-5-4-10(9(3)6-14)7-11(10,12)13/h8-9H,4-7H2,1-3H3. The summed E-state index contributed by atoms with van der Waals surface area (Å²) in [6, 6.07) is 0.488. The second kappa shape index (κ2) is 2.91. The van der Waals surface area contributed by atoms with Gasteiger partial charge in [-0.15, -0.1) is 0 Å². The maximum atomic E-state index is 13.2. The van der Waals surface area contributed by atoms with Crippen LogP contribution in [0.1, 0.15) is 33.6 Å². The molecule has 0 radical (unpaired) electrons. The van der Waals surface area contributed by atoms with E-state index in [1.54, 1.807) is 0 Å². The van der Waals surface area contributed by atoms with Crippen LogP contribution in [0.5, 0.6) is 0 Å². The predicted molar refractivity (Wildman–Crippen MR) is 52.5 cm³/mol. The fourth-order valence-electron chi connectivity index (χ4n) is 2.83. The molecule has 1 spiro atoms. The van der Waals surface area contributed by atoms with E-state index in [0.29, 0.717) is 12.5 Å². The van der Waals surface area contributed by atoms with Crippen molar-refractivity contribution in [1.29, 1.82) is 0 Å². The van der Waals surface area contributed by atoms with Gasteiger partial charge in [0.25, 0.3) is 5.92 Å². The molecular weight excluding hydrogens is 184 g/mol. The molecule has 0 bridgehead atoms. The van der Waals surface area contributed by atoms with Gasteiger partial charge in [0.1, 0.15) is 0 Å². The lowest BCUT2D eigenvalue weighted by Crippen LogP contribution is -2.45. The summed E-state index contributed by atoms with van der Waals surface area (Å²) in [4.78, 5) is 2.31. The Hall–Kier alpha value is -0.180. The van der Waals surface area contributed by atoms with E-state index in [0.717, 1.165) is 13.1 Å². The Bertz CT molecular complexity index is 239. The first-order valence-electron chi connectivity index (χ1n) is 5.51. The number of piperidine rings is 1. The number of hydrogen-bond donors (Lipinski definition) is 0. The molecule has 1 aliphatic carbocycles. The average Bonchev–Trinajstić information content (AvgIpc) is 2.60. The first-order chi connectivity index (χ1) is 6.39. The van der Waals surface area contributed by atoms with Crippen molar-refractivity contribution < 1.29 is 8.78 Å². The predicted octanol–water partition coefficient (Wildman–Crippen LogP) is 2.76. The highest BCUT2D eigenvalue weighted by Crippen LogP contribution is 2.67. The molecule has 1 saturated carbocycles. The van der Waals surface area contributed by atoms with E-state index in [-0.39, 0.29) is 12.3 Å². The minimum absolute atomic E-state index is 0.132. The number of likely N-dealkylation sites (tertiary alicyclic amines) is 1. The van der Waals surface area contributed by atoms with Crippen molar-refractivity contribution in [3.05, 3.63) is 0 Å². The molecule has 2 atom stereocenters. The smallest absolute Gasteiger partial charge is 0.255 e.